The fourth-order valence-corrected chi connectivity index (χ4v) is 0.492. The van der Waals surface area contributed by atoms with E-state index in [1.807, 2.05) is 12.2 Å². The fraction of sp³-hybridized carbons (Fsp3) is 0.222. The molecule has 0 rings (SSSR count). The van der Waals surface area contributed by atoms with E-state index in [1.54, 1.807) is 0 Å². The van der Waals surface area contributed by atoms with Crippen LogP contribution in [0.15, 0.2) is 37.5 Å². The van der Waals surface area contributed by atoms with Crippen molar-refractivity contribution in [2.24, 2.45) is 0 Å². The molecule has 0 aromatic heterocycles. The monoisotopic (exact) mass is 170 g/mol. The van der Waals surface area contributed by atoms with E-state index in [2.05, 4.69) is 19.7 Å². The van der Waals surface area contributed by atoms with E-state index in [9.17, 15) is 0 Å². The van der Waals surface area contributed by atoms with Crippen LogP contribution in [0.4, 0.5) is 4.79 Å². The maximum atomic E-state index is 8.56. The minimum atomic E-state index is -1.83. The molecule has 0 aromatic carbocycles. The number of rotatable bonds is 4. The van der Waals surface area contributed by atoms with Crippen molar-refractivity contribution >= 4 is 6.16 Å². The van der Waals surface area contributed by atoms with Crippen molar-refractivity contribution in [1.82, 2.24) is 0 Å². The van der Waals surface area contributed by atoms with Crippen molar-refractivity contribution in [3.63, 3.8) is 0 Å². The van der Waals surface area contributed by atoms with Gasteiger partial charge in [-0.3, -0.25) is 0 Å². The SMILES string of the molecule is C=CCC(=C)CC=C.O=C(O)O. The van der Waals surface area contributed by atoms with Gasteiger partial charge in [0.2, 0.25) is 0 Å². The van der Waals surface area contributed by atoms with Crippen LogP contribution in [0.1, 0.15) is 12.8 Å². The Bertz CT molecular complexity index is 155. The van der Waals surface area contributed by atoms with E-state index < -0.39 is 6.16 Å². The van der Waals surface area contributed by atoms with Crippen LogP contribution in [0.5, 0.6) is 0 Å². The zero-order valence-corrected chi connectivity index (χ0v) is 6.99. The van der Waals surface area contributed by atoms with Crippen LogP contribution in [0.2, 0.25) is 0 Å². The van der Waals surface area contributed by atoms with Crippen molar-refractivity contribution in [3.05, 3.63) is 37.5 Å². The normalized spacial score (nSPS) is 7.33. The first-order valence-electron chi connectivity index (χ1n) is 3.34. The third kappa shape index (κ3) is 23.6. The second-order valence-electron chi connectivity index (χ2n) is 2.02. The van der Waals surface area contributed by atoms with Crippen LogP contribution in [0, 0.1) is 0 Å². The summed E-state index contributed by atoms with van der Waals surface area (Å²) >= 11 is 0. The third-order valence-corrected chi connectivity index (χ3v) is 0.866. The number of carbonyl (C=O) groups is 1. The predicted molar refractivity (Wildman–Crippen MR) is 49.4 cm³/mol. The van der Waals surface area contributed by atoms with Gasteiger partial charge in [0.1, 0.15) is 0 Å². The molecule has 0 aliphatic rings. The van der Waals surface area contributed by atoms with Crippen LogP contribution in [-0.2, 0) is 0 Å². The lowest BCUT2D eigenvalue weighted by Crippen LogP contribution is -1.81. The summed E-state index contributed by atoms with van der Waals surface area (Å²) in [6.45, 7) is 11.0. The molecule has 12 heavy (non-hydrogen) atoms. The molecule has 0 aliphatic heterocycles. The molecular formula is C9H14O3. The van der Waals surface area contributed by atoms with Gasteiger partial charge in [0.15, 0.2) is 0 Å². The first kappa shape index (κ1) is 13.1. The molecule has 0 heterocycles. The van der Waals surface area contributed by atoms with Crippen LogP contribution in [0.3, 0.4) is 0 Å². The molecule has 0 unspecified atom stereocenters. The topological polar surface area (TPSA) is 57.5 Å². The number of hydrogen-bond acceptors (Lipinski definition) is 1. The first-order chi connectivity index (χ1) is 5.54. The second kappa shape index (κ2) is 9.49. The Hall–Kier alpha value is -1.51. The second-order valence-corrected chi connectivity index (χ2v) is 2.02. The van der Waals surface area contributed by atoms with Gasteiger partial charge in [-0.2, -0.15) is 0 Å². The molecule has 3 nitrogen and oxygen atoms in total. The minimum Gasteiger partial charge on any atom is -0.450 e. The van der Waals surface area contributed by atoms with E-state index in [-0.39, 0.29) is 0 Å². The average Bonchev–Trinajstić information content (AvgIpc) is 1.87. The third-order valence-electron chi connectivity index (χ3n) is 0.866. The molecule has 68 valence electrons. The zero-order chi connectivity index (χ0) is 9.98. The highest BCUT2D eigenvalue weighted by Crippen LogP contribution is 2.02. The molecule has 0 radical (unpaired) electrons. The maximum absolute atomic E-state index is 8.56. The molecule has 0 fully saturated rings. The van der Waals surface area contributed by atoms with Gasteiger partial charge in [-0.15, -0.1) is 13.2 Å². The standard InChI is InChI=1S/C8H12.CH2O3/c1-4-6-8(3)7-5-2;2-1(3)4/h4-5H,1-3,6-7H2;(H2,2,3,4). The fourth-order valence-electron chi connectivity index (χ4n) is 0.492. The Morgan fingerprint density at radius 3 is 1.58 bits per heavy atom. The van der Waals surface area contributed by atoms with Crippen molar-refractivity contribution in [2.45, 2.75) is 12.8 Å². The molecule has 0 aromatic rings. The van der Waals surface area contributed by atoms with Crippen LogP contribution in [0.25, 0.3) is 0 Å². The van der Waals surface area contributed by atoms with Crippen LogP contribution >= 0.6 is 0 Å². The Morgan fingerprint density at radius 1 is 1.17 bits per heavy atom. The summed E-state index contributed by atoms with van der Waals surface area (Å²) < 4.78 is 0. The number of carboxylic acid groups (broad SMARTS) is 2. The summed E-state index contributed by atoms with van der Waals surface area (Å²) in [7, 11) is 0. The number of allylic oxidation sites excluding steroid dienone is 3. The van der Waals surface area contributed by atoms with E-state index in [1.165, 1.54) is 5.57 Å². The highest BCUT2D eigenvalue weighted by molar-refractivity contribution is 5.53. The molecule has 0 spiro atoms. The van der Waals surface area contributed by atoms with Gasteiger partial charge < -0.3 is 10.2 Å². The maximum Gasteiger partial charge on any atom is 0.503 e. The van der Waals surface area contributed by atoms with Gasteiger partial charge in [0.05, 0.1) is 0 Å². The molecule has 0 bridgehead atoms. The minimum absolute atomic E-state index is 0.909. The zero-order valence-electron chi connectivity index (χ0n) is 6.99. The van der Waals surface area contributed by atoms with Crippen LogP contribution in [-0.4, -0.2) is 16.4 Å². The van der Waals surface area contributed by atoms with Crippen molar-refractivity contribution in [2.75, 3.05) is 0 Å². The molecular weight excluding hydrogens is 156 g/mol. The lowest BCUT2D eigenvalue weighted by molar-refractivity contribution is 0.137. The molecule has 0 amide bonds. The van der Waals surface area contributed by atoms with Crippen LogP contribution < -0.4 is 0 Å². The average molecular weight is 170 g/mol. The predicted octanol–water partition coefficient (Wildman–Crippen LogP) is 2.92. The van der Waals surface area contributed by atoms with E-state index in [4.69, 9.17) is 15.0 Å². The number of hydrogen-bond donors (Lipinski definition) is 2. The summed E-state index contributed by atoms with van der Waals surface area (Å²) in [6.07, 6.45) is 3.69. The van der Waals surface area contributed by atoms with Gasteiger partial charge >= 0.3 is 6.16 Å². The van der Waals surface area contributed by atoms with Gasteiger partial charge in [-0.05, 0) is 12.8 Å². The largest absolute Gasteiger partial charge is 0.503 e. The van der Waals surface area contributed by atoms with E-state index in [0.29, 0.717) is 0 Å². The smallest absolute Gasteiger partial charge is 0.450 e. The molecule has 0 atom stereocenters. The summed E-state index contributed by atoms with van der Waals surface area (Å²) in [5.74, 6) is 0. The Labute approximate surface area is 72.3 Å². The first-order valence-corrected chi connectivity index (χ1v) is 3.34. The summed E-state index contributed by atoms with van der Waals surface area (Å²) in [6, 6.07) is 0. The van der Waals surface area contributed by atoms with Crippen molar-refractivity contribution in [3.8, 4) is 0 Å². The summed E-state index contributed by atoms with van der Waals surface area (Å²) in [5.41, 5.74) is 1.18. The van der Waals surface area contributed by atoms with E-state index >= 15 is 0 Å². The Balaban J connectivity index is 0. The molecule has 0 aliphatic carbocycles. The van der Waals surface area contributed by atoms with Gasteiger partial charge in [0, 0.05) is 0 Å². The molecule has 2 N–H and O–H groups in total. The van der Waals surface area contributed by atoms with Gasteiger partial charge in [0.25, 0.3) is 0 Å². The highest BCUT2D eigenvalue weighted by atomic mass is 16.6. The highest BCUT2D eigenvalue weighted by Gasteiger charge is 1.82. The van der Waals surface area contributed by atoms with Crippen molar-refractivity contribution < 1.29 is 15.0 Å². The summed E-state index contributed by atoms with van der Waals surface area (Å²) in [5, 5.41) is 13.9. The molecule has 0 saturated heterocycles. The van der Waals surface area contributed by atoms with Gasteiger partial charge in [-0.1, -0.05) is 24.3 Å². The Kier molecular flexibility index (Phi) is 10.4. The van der Waals surface area contributed by atoms with Gasteiger partial charge in [-0.25, -0.2) is 4.79 Å². The van der Waals surface area contributed by atoms with Crippen molar-refractivity contribution in [1.29, 1.82) is 0 Å². The molecule has 0 saturated carbocycles. The molecule has 3 heteroatoms. The summed E-state index contributed by atoms with van der Waals surface area (Å²) in [4.78, 5) is 8.56. The lowest BCUT2D eigenvalue weighted by atomic mass is 10.1. The Morgan fingerprint density at radius 2 is 1.42 bits per heavy atom. The quantitative estimate of drug-likeness (QED) is 0.638. The van der Waals surface area contributed by atoms with E-state index in [0.717, 1.165) is 12.8 Å². The lowest BCUT2D eigenvalue weighted by Gasteiger charge is -1.92.